The zero-order valence-electron chi connectivity index (χ0n) is 19.5. The van der Waals surface area contributed by atoms with Gasteiger partial charge >= 0.3 is 0 Å². The van der Waals surface area contributed by atoms with Gasteiger partial charge in [-0.05, 0) is 57.7 Å². The van der Waals surface area contributed by atoms with Crippen LogP contribution in [0.3, 0.4) is 0 Å². The predicted molar refractivity (Wildman–Crippen MR) is 127 cm³/mol. The average Bonchev–Trinajstić information content (AvgIpc) is 3.52. The number of aromatic nitrogens is 1. The van der Waals surface area contributed by atoms with Crippen LogP contribution in [0.5, 0.6) is 0 Å². The largest absolute Gasteiger partial charge is 0.426 e. The number of anilines is 2. The first-order valence-electron chi connectivity index (χ1n) is 12.1. The maximum atomic E-state index is 13.8. The lowest BCUT2D eigenvalue weighted by atomic mass is 9.83. The molecule has 2 amide bonds. The predicted octanol–water partition coefficient (Wildman–Crippen LogP) is 3.75. The molecule has 2 aliphatic rings. The maximum Gasteiger partial charge on any atom is 0.299 e. The Morgan fingerprint density at radius 3 is 2.58 bits per heavy atom. The maximum absolute atomic E-state index is 13.8. The average molecular weight is 454 g/mol. The number of likely N-dealkylation sites (tertiary alicyclic amines) is 1. The van der Waals surface area contributed by atoms with E-state index in [1.54, 1.807) is 13.2 Å². The molecule has 0 unspecified atom stereocenters. The van der Waals surface area contributed by atoms with Gasteiger partial charge in [0.1, 0.15) is 11.8 Å². The molecule has 1 aliphatic carbocycles. The SMILES string of the molecule is CN[C@@H](C)C(=O)N[C@H](C(=O)N1CCC[C@H]1c1cnc(Nc2ccccc2)o1)C1CCCCC1. The number of benzene rings is 1. The Hall–Kier alpha value is -2.87. The molecule has 8 heteroatoms. The van der Waals surface area contributed by atoms with E-state index in [4.69, 9.17) is 4.42 Å². The van der Waals surface area contributed by atoms with Crippen molar-refractivity contribution in [3.63, 3.8) is 0 Å². The molecule has 1 saturated heterocycles. The fraction of sp³-hybridized carbons (Fsp3) is 0.560. The van der Waals surface area contributed by atoms with Gasteiger partial charge in [-0.1, -0.05) is 37.5 Å². The van der Waals surface area contributed by atoms with Crippen LogP contribution in [0.2, 0.25) is 0 Å². The van der Waals surface area contributed by atoms with Crippen molar-refractivity contribution in [2.75, 3.05) is 18.9 Å². The second kappa shape index (κ2) is 10.8. The van der Waals surface area contributed by atoms with Gasteiger partial charge < -0.3 is 25.3 Å². The van der Waals surface area contributed by atoms with Crippen LogP contribution in [-0.2, 0) is 9.59 Å². The van der Waals surface area contributed by atoms with Crippen molar-refractivity contribution in [3.05, 3.63) is 42.3 Å². The number of oxazole rings is 1. The number of carbonyl (C=O) groups excluding carboxylic acids is 2. The van der Waals surface area contributed by atoms with Crippen LogP contribution in [0, 0.1) is 5.92 Å². The fourth-order valence-corrected chi connectivity index (χ4v) is 4.91. The van der Waals surface area contributed by atoms with Gasteiger partial charge in [0, 0.05) is 12.2 Å². The second-order valence-corrected chi connectivity index (χ2v) is 9.14. The van der Waals surface area contributed by atoms with Crippen molar-refractivity contribution in [2.45, 2.75) is 70.0 Å². The number of nitrogens with zero attached hydrogens (tertiary/aromatic N) is 2. The number of hydrogen-bond acceptors (Lipinski definition) is 6. The first kappa shape index (κ1) is 23.3. The van der Waals surface area contributed by atoms with Gasteiger partial charge in [-0.15, -0.1) is 0 Å². The summed E-state index contributed by atoms with van der Waals surface area (Å²) in [6.07, 6.45) is 8.77. The summed E-state index contributed by atoms with van der Waals surface area (Å²) in [6, 6.07) is 9.12. The molecule has 178 valence electrons. The van der Waals surface area contributed by atoms with Crippen LogP contribution in [0.15, 0.2) is 40.9 Å². The van der Waals surface area contributed by atoms with E-state index in [0.29, 0.717) is 18.3 Å². The van der Waals surface area contributed by atoms with Crippen LogP contribution in [-0.4, -0.2) is 47.4 Å². The van der Waals surface area contributed by atoms with Crippen LogP contribution in [0.25, 0.3) is 0 Å². The highest BCUT2D eigenvalue weighted by Gasteiger charge is 2.40. The van der Waals surface area contributed by atoms with Gasteiger partial charge in [0.2, 0.25) is 11.8 Å². The van der Waals surface area contributed by atoms with Crippen molar-refractivity contribution < 1.29 is 14.0 Å². The van der Waals surface area contributed by atoms with E-state index in [2.05, 4.69) is 20.9 Å². The van der Waals surface area contributed by atoms with E-state index in [1.165, 1.54) is 6.42 Å². The smallest absolute Gasteiger partial charge is 0.299 e. The third kappa shape index (κ3) is 5.55. The third-order valence-electron chi connectivity index (χ3n) is 6.92. The molecule has 2 fully saturated rings. The first-order valence-corrected chi connectivity index (χ1v) is 12.1. The van der Waals surface area contributed by atoms with Gasteiger partial charge in [-0.25, -0.2) is 4.98 Å². The van der Waals surface area contributed by atoms with Crippen LogP contribution >= 0.6 is 0 Å². The van der Waals surface area contributed by atoms with Gasteiger partial charge in [-0.3, -0.25) is 9.59 Å². The zero-order chi connectivity index (χ0) is 23.2. The van der Waals surface area contributed by atoms with Crippen molar-refractivity contribution in [1.29, 1.82) is 0 Å². The Labute approximate surface area is 195 Å². The van der Waals surface area contributed by atoms with E-state index in [-0.39, 0.29) is 29.8 Å². The molecule has 2 heterocycles. The molecular weight excluding hydrogens is 418 g/mol. The van der Waals surface area contributed by atoms with Crippen LogP contribution in [0.4, 0.5) is 11.7 Å². The number of nitrogens with one attached hydrogen (secondary N) is 3. The lowest BCUT2D eigenvalue weighted by molar-refractivity contribution is -0.139. The number of carbonyl (C=O) groups is 2. The Balaban J connectivity index is 1.50. The van der Waals surface area contributed by atoms with E-state index in [1.807, 2.05) is 42.2 Å². The van der Waals surface area contributed by atoms with Crippen molar-refractivity contribution in [3.8, 4) is 0 Å². The van der Waals surface area contributed by atoms with Crippen LogP contribution < -0.4 is 16.0 Å². The lowest BCUT2D eigenvalue weighted by Crippen LogP contribution is -2.55. The summed E-state index contributed by atoms with van der Waals surface area (Å²) in [7, 11) is 1.75. The molecule has 2 aromatic rings. The monoisotopic (exact) mass is 453 g/mol. The molecule has 33 heavy (non-hydrogen) atoms. The van der Waals surface area contributed by atoms with E-state index in [0.717, 1.165) is 44.2 Å². The third-order valence-corrected chi connectivity index (χ3v) is 6.92. The van der Waals surface area contributed by atoms with E-state index >= 15 is 0 Å². The van der Waals surface area contributed by atoms with Crippen molar-refractivity contribution in [1.82, 2.24) is 20.5 Å². The summed E-state index contributed by atoms with van der Waals surface area (Å²) in [4.78, 5) is 32.7. The summed E-state index contributed by atoms with van der Waals surface area (Å²) in [5, 5.41) is 9.21. The second-order valence-electron chi connectivity index (χ2n) is 9.14. The minimum Gasteiger partial charge on any atom is -0.426 e. The highest BCUT2D eigenvalue weighted by molar-refractivity contribution is 5.90. The van der Waals surface area contributed by atoms with E-state index in [9.17, 15) is 9.59 Å². The Morgan fingerprint density at radius 1 is 1.09 bits per heavy atom. The van der Waals surface area contributed by atoms with Gasteiger partial charge in [0.05, 0.1) is 18.3 Å². The lowest BCUT2D eigenvalue weighted by Gasteiger charge is -2.35. The summed E-state index contributed by atoms with van der Waals surface area (Å²) in [6.45, 7) is 2.47. The van der Waals surface area contributed by atoms with Gasteiger partial charge in [0.25, 0.3) is 6.01 Å². The van der Waals surface area contributed by atoms with Crippen molar-refractivity contribution in [2.24, 2.45) is 5.92 Å². The molecule has 3 N–H and O–H groups in total. The van der Waals surface area contributed by atoms with Crippen molar-refractivity contribution >= 4 is 23.5 Å². The molecule has 1 saturated carbocycles. The number of hydrogen-bond donors (Lipinski definition) is 3. The number of amides is 2. The molecule has 1 aromatic carbocycles. The highest BCUT2D eigenvalue weighted by Crippen LogP contribution is 2.36. The molecular formula is C25H35N5O3. The molecule has 1 aromatic heterocycles. The topological polar surface area (TPSA) is 99.5 Å². The van der Waals surface area contributed by atoms with Crippen LogP contribution in [0.1, 0.15) is 63.7 Å². The molecule has 0 bridgehead atoms. The normalized spacial score (nSPS) is 20.9. The molecule has 8 nitrogen and oxygen atoms in total. The highest BCUT2D eigenvalue weighted by atomic mass is 16.4. The summed E-state index contributed by atoms with van der Waals surface area (Å²) in [5.74, 6) is 0.711. The Kier molecular flexibility index (Phi) is 7.65. The van der Waals surface area contributed by atoms with Gasteiger partial charge in [0.15, 0.2) is 0 Å². The molecule has 3 atom stereocenters. The summed E-state index contributed by atoms with van der Waals surface area (Å²) in [5.41, 5.74) is 0.893. The molecule has 1 aliphatic heterocycles. The standard InChI is InChI=1S/C25H35N5O3/c1-17(26-2)23(31)29-22(18-10-5-3-6-11-18)24(32)30-15-9-14-20(30)21-16-27-25(33-21)28-19-12-7-4-8-13-19/h4,7-8,12-13,16-18,20,22,26H,3,5-6,9-11,14-15H2,1-2H3,(H,27,28)(H,29,31)/t17-,20-,22-/m0/s1. The Morgan fingerprint density at radius 2 is 1.85 bits per heavy atom. The summed E-state index contributed by atoms with van der Waals surface area (Å²) >= 11 is 0. The minimum atomic E-state index is -0.501. The summed E-state index contributed by atoms with van der Waals surface area (Å²) < 4.78 is 6.00. The first-order chi connectivity index (χ1) is 16.1. The van der Waals surface area contributed by atoms with Gasteiger partial charge in [-0.2, -0.15) is 0 Å². The number of para-hydroxylation sites is 1. The Bertz CT molecular complexity index is 925. The van der Waals surface area contributed by atoms with E-state index < -0.39 is 6.04 Å². The minimum absolute atomic E-state index is 0.00461. The fourth-order valence-electron chi connectivity index (χ4n) is 4.91. The number of rotatable bonds is 8. The number of likely N-dealkylation sites (N-methyl/N-ethyl adjacent to an activating group) is 1. The molecule has 0 radical (unpaired) electrons. The quantitative estimate of drug-likeness (QED) is 0.563. The molecule has 4 rings (SSSR count). The molecule has 0 spiro atoms. The zero-order valence-corrected chi connectivity index (χ0v) is 19.5.